The Balaban J connectivity index is 0. The molecule has 0 fully saturated rings. The molecule has 0 rings (SSSR count). The van der Waals surface area contributed by atoms with Crippen molar-refractivity contribution in [2.75, 3.05) is 5.88 Å². The first-order valence-corrected chi connectivity index (χ1v) is 5.25. The molecule has 86 valence electrons. The molecule has 3 atom stereocenters. The summed E-state index contributed by atoms with van der Waals surface area (Å²) in [6.07, 6.45) is 4.23. The number of hydrogen-bond donors (Lipinski definition) is 2. The maximum Gasteiger partial charge on any atom is 0.0826 e. The summed E-state index contributed by atoms with van der Waals surface area (Å²) in [6, 6.07) is -0.197. The average molecular weight is 242 g/mol. The van der Waals surface area contributed by atoms with E-state index >= 15 is 0 Å². The lowest BCUT2D eigenvalue weighted by molar-refractivity contribution is 0.153. The van der Waals surface area contributed by atoms with Gasteiger partial charge in [0.2, 0.25) is 0 Å². The Bertz CT molecular complexity index is 144. The molecule has 0 amide bonds. The zero-order chi connectivity index (χ0) is 10.3. The third kappa shape index (κ3) is 7.63. The van der Waals surface area contributed by atoms with Crippen molar-refractivity contribution in [3.63, 3.8) is 0 Å². The van der Waals surface area contributed by atoms with Gasteiger partial charge in [0.1, 0.15) is 0 Å². The van der Waals surface area contributed by atoms with Crippen LogP contribution >= 0.6 is 24.0 Å². The van der Waals surface area contributed by atoms with E-state index < -0.39 is 6.10 Å². The van der Waals surface area contributed by atoms with E-state index in [-0.39, 0.29) is 24.3 Å². The summed E-state index contributed by atoms with van der Waals surface area (Å²) >= 11 is 5.49. The standard InChI is InChI=1S/C10H20ClNO.ClH/c1-3-4-5-8(2)6-9(12)10(13)7-11;/h3,8-10,13H,1,4-7,12H2,2H3;1H/t8-,9+,10-;/m1./s1. The Morgan fingerprint density at radius 2 is 2.14 bits per heavy atom. The summed E-state index contributed by atoms with van der Waals surface area (Å²) in [5, 5.41) is 9.32. The highest BCUT2D eigenvalue weighted by molar-refractivity contribution is 6.18. The Morgan fingerprint density at radius 1 is 1.57 bits per heavy atom. The molecule has 3 N–H and O–H groups in total. The highest BCUT2D eigenvalue weighted by Gasteiger charge is 2.16. The molecule has 4 heteroatoms. The van der Waals surface area contributed by atoms with Crippen molar-refractivity contribution in [2.24, 2.45) is 11.7 Å². The molecule has 0 aromatic rings. The van der Waals surface area contributed by atoms with Gasteiger partial charge in [-0.15, -0.1) is 30.6 Å². The number of rotatable bonds is 7. The van der Waals surface area contributed by atoms with Gasteiger partial charge in [0.15, 0.2) is 0 Å². The van der Waals surface area contributed by atoms with Gasteiger partial charge in [0.05, 0.1) is 6.10 Å². The first-order chi connectivity index (χ1) is 6.11. The van der Waals surface area contributed by atoms with Gasteiger partial charge in [-0.05, 0) is 25.2 Å². The topological polar surface area (TPSA) is 46.2 Å². The van der Waals surface area contributed by atoms with Crippen molar-refractivity contribution in [3.8, 4) is 0 Å². The largest absolute Gasteiger partial charge is 0.390 e. The summed E-state index contributed by atoms with van der Waals surface area (Å²) in [6.45, 7) is 5.79. The van der Waals surface area contributed by atoms with Crippen molar-refractivity contribution in [3.05, 3.63) is 12.7 Å². The summed E-state index contributed by atoms with van der Waals surface area (Å²) in [5.74, 6) is 0.737. The van der Waals surface area contributed by atoms with E-state index in [9.17, 15) is 5.11 Å². The number of nitrogens with two attached hydrogens (primary N) is 1. The lowest BCUT2D eigenvalue weighted by Crippen LogP contribution is -2.37. The zero-order valence-electron chi connectivity index (χ0n) is 8.66. The van der Waals surface area contributed by atoms with E-state index in [0.717, 1.165) is 19.3 Å². The van der Waals surface area contributed by atoms with Crippen LogP contribution in [-0.4, -0.2) is 23.1 Å². The van der Waals surface area contributed by atoms with Gasteiger partial charge in [0.25, 0.3) is 0 Å². The second kappa shape index (κ2) is 9.78. The molecule has 0 aliphatic carbocycles. The number of aliphatic hydroxyl groups excluding tert-OH is 1. The molecular formula is C10H21Cl2NO. The van der Waals surface area contributed by atoms with Crippen LogP contribution in [0.4, 0.5) is 0 Å². The van der Waals surface area contributed by atoms with Crippen LogP contribution < -0.4 is 5.73 Å². The third-order valence-electron chi connectivity index (χ3n) is 2.19. The van der Waals surface area contributed by atoms with Crippen LogP contribution in [0, 0.1) is 5.92 Å². The monoisotopic (exact) mass is 241 g/mol. The molecule has 0 heterocycles. The third-order valence-corrected chi connectivity index (χ3v) is 2.51. The van der Waals surface area contributed by atoms with E-state index in [2.05, 4.69) is 13.5 Å². The Morgan fingerprint density at radius 3 is 2.57 bits per heavy atom. The van der Waals surface area contributed by atoms with Gasteiger partial charge < -0.3 is 10.8 Å². The number of halogens is 2. The van der Waals surface area contributed by atoms with E-state index in [0.29, 0.717) is 5.92 Å². The summed E-state index contributed by atoms with van der Waals surface area (Å²) < 4.78 is 0. The average Bonchev–Trinajstić information content (AvgIpc) is 2.13. The highest BCUT2D eigenvalue weighted by Crippen LogP contribution is 2.14. The summed E-state index contributed by atoms with van der Waals surface area (Å²) in [4.78, 5) is 0. The fourth-order valence-electron chi connectivity index (χ4n) is 1.26. The maximum atomic E-state index is 9.32. The van der Waals surface area contributed by atoms with Gasteiger partial charge in [0, 0.05) is 11.9 Å². The van der Waals surface area contributed by atoms with Crippen molar-refractivity contribution >= 4 is 24.0 Å². The Labute approximate surface area is 97.9 Å². The van der Waals surface area contributed by atoms with Crippen LogP contribution in [0.3, 0.4) is 0 Å². The van der Waals surface area contributed by atoms with Gasteiger partial charge >= 0.3 is 0 Å². The minimum Gasteiger partial charge on any atom is -0.390 e. The number of alkyl halides is 1. The predicted octanol–water partition coefficient (Wildman–Crippen LogP) is 2.33. The second-order valence-electron chi connectivity index (χ2n) is 3.59. The Kier molecular flexibility index (Phi) is 11.6. The van der Waals surface area contributed by atoms with Crippen molar-refractivity contribution in [1.29, 1.82) is 0 Å². The molecule has 14 heavy (non-hydrogen) atoms. The second-order valence-corrected chi connectivity index (χ2v) is 3.90. The van der Waals surface area contributed by atoms with Crippen molar-refractivity contribution in [2.45, 2.75) is 38.3 Å². The van der Waals surface area contributed by atoms with Gasteiger partial charge in [-0.1, -0.05) is 13.0 Å². The van der Waals surface area contributed by atoms with Crippen LogP contribution in [0.15, 0.2) is 12.7 Å². The number of aliphatic hydroxyl groups is 1. The molecule has 2 nitrogen and oxygen atoms in total. The molecule has 0 spiro atoms. The molecular weight excluding hydrogens is 221 g/mol. The lowest BCUT2D eigenvalue weighted by Gasteiger charge is -2.20. The summed E-state index contributed by atoms with van der Waals surface area (Å²) in [7, 11) is 0. The molecule has 0 aliphatic rings. The van der Waals surface area contributed by atoms with Crippen LogP contribution in [0.5, 0.6) is 0 Å². The molecule has 0 aromatic carbocycles. The predicted molar refractivity (Wildman–Crippen MR) is 65.2 cm³/mol. The van der Waals surface area contributed by atoms with Crippen LogP contribution in [0.2, 0.25) is 0 Å². The molecule has 0 bridgehead atoms. The molecule has 0 unspecified atom stereocenters. The Hall–Kier alpha value is 0.240. The minimum atomic E-state index is -0.576. The molecule has 0 aromatic heterocycles. The van der Waals surface area contributed by atoms with E-state index in [1.807, 2.05) is 6.08 Å². The SMILES string of the molecule is C=CCC[C@@H](C)C[C@H](N)[C@H](O)CCl.Cl. The quantitative estimate of drug-likeness (QED) is 0.531. The van der Waals surface area contributed by atoms with E-state index in [4.69, 9.17) is 17.3 Å². The molecule has 0 saturated carbocycles. The maximum absolute atomic E-state index is 9.32. The number of hydrogen-bond acceptors (Lipinski definition) is 2. The molecule has 0 saturated heterocycles. The van der Waals surface area contributed by atoms with Crippen molar-refractivity contribution in [1.82, 2.24) is 0 Å². The molecule has 0 aliphatic heterocycles. The summed E-state index contributed by atoms with van der Waals surface area (Å²) in [5.41, 5.74) is 5.74. The normalized spacial score (nSPS) is 16.6. The number of allylic oxidation sites excluding steroid dienone is 1. The van der Waals surface area contributed by atoms with E-state index in [1.54, 1.807) is 0 Å². The van der Waals surface area contributed by atoms with Gasteiger partial charge in [-0.2, -0.15) is 0 Å². The fraction of sp³-hybridized carbons (Fsp3) is 0.800. The van der Waals surface area contributed by atoms with Crippen molar-refractivity contribution < 1.29 is 5.11 Å². The first-order valence-electron chi connectivity index (χ1n) is 4.72. The first kappa shape index (κ1) is 16.7. The van der Waals surface area contributed by atoms with Crippen LogP contribution in [-0.2, 0) is 0 Å². The lowest BCUT2D eigenvalue weighted by atomic mass is 9.95. The van der Waals surface area contributed by atoms with Gasteiger partial charge in [-0.25, -0.2) is 0 Å². The van der Waals surface area contributed by atoms with Crippen LogP contribution in [0.25, 0.3) is 0 Å². The smallest absolute Gasteiger partial charge is 0.0826 e. The fourth-order valence-corrected chi connectivity index (χ4v) is 1.49. The van der Waals surface area contributed by atoms with Crippen LogP contribution in [0.1, 0.15) is 26.2 Å². The molecule has 0 radical (unpaired) electrons. The minimum absolute atomic E-state index is 0. The zero-order valence-corrected chi connectivity index (χ0v) is 10.2. The van der Waals surface area contributed by atoms with Gasteiger partial charge in [-0.3, -0.25) is 0 Å². The highest BCUT2D eigenvalue weighted by atomic mass is 35.5. The van der Waals surface area contributed by atoms with E-state index in [1.165, 1.54) is 0 Å².